The molecule has 1 aromatic heterocycles. The highest BCUT2D eigenvalue weighted by atomic mass is 16.5. The maximum Gasteiger partial charge on any atom is 0.124 e. The van der Waals surface area contributed by atoms with E-state index in [1.54, 1.807) is 0 Å². The Labute approximate surface area is 119 Å². The van der Waals surface area contributed by atoms with Crippen LogP contribution in [-0.2, 0) is 4.74 Å². The highest BCUT2D eigenvalue weighted by molar-refractivity contribution is 5.74. The highest BCUT2D eigenvalue weighted by Crippen LogP contribution is 2.23. The summed E-state index contributed by atoms with van der Waals surface area (Å²) in [6, 6.07) is 8.94. The van der Waals surface area contributed by atoms with Gasteiger partial charge in [-0.25, -0.2) is 4.98 Å². The van der Waals surface area contributed by atoms with Crippen molar-refractivity contribution in [2.45, 2.75) is 50.8 Å². The number of fused-ring (bicyclic) bond motifs is 1. The van der Waals surface area contributed by atoms with Gasteiger partial charge in [0.2, 0.25) is 0 Å². The molecule has 1 aliphatic rings. The van der Waals surface area contributed by atoms with Gasteiger partial charge in [-0.2, -0.15) is 0 Å². The molecule has 108 valence electrons. The monoisotopic (exact) mass is 273 g/mol. The maximum absolute atomic E-state index is 5.49. The van der Waals surface area contributed by atoms with E-state index in [4.69, 9.17) is 4.74 Å². The van der Waals surface area contributed by atoms with Gasteiger partial charge in [0.25, 0.3) is 0 Å². The first-order valence-corrected chi connectivity index (χ1v) is 7.49. The lowest BCUT2D eigenvalue weighted by molar-refractivity contribution is 0.0571. The number of nitrogens with one attached hydrogen (secondary N) is 2. The second kappa shape index (κ2) is 5.94. The van der Waals surface area contributed by atoms with Gasteiger partial charge in [0, 0.05) is 13.2 Å². The molecule has 1 fully saturated rings. The molecule has 4 nitrogen and oxygen atoms in total. The molecule has 0 amide bonds. The van der Waals surface area contributed by atoms with Gasteiger partial charge >= 0.3 is 0 Å². The van der Waals surface area contributed by atoms with Crippen LogP contribution in [0.3, 0.4) is 0 Å². The van der Waals surface area contributed by atoms with Crippen LogP contribution in [-0.4, -0.2) is 29.2 Å². The van der Waals surface area contributed by atoms with Crippen molar-refractivity contribution in [3.8, 4) is 0 Å². The normalized spacial score (nSPS) is 24.9. The molecule has 2 aromatic rings. The summed E-state index contributed by atoms with van der Waals surface area (Å²) < 4.78 is 5.49. The van der Waals surface area contributed by atoms with Crippen LogP contribution in [0.5, 0.6) is 0 Å². The van der Waals surface area contributed by atoms with Crippen molar-refractivity contribution < 1.29 is 4.74 Å². The highest BCUT2D eigenvalue weighted by Gasteiger charge is 2.23. The summed E-state index contributed by atoms with van der Waals surface area (Å²) in [4.78, 5) is 8.07. The average Bonchev–Trinajstić information content (AvgIpc) is 2.91. The minimum Gasteiger partial charge on any atom is -0.381 e. The van der Waals surface area contributed by atoms with Gasteiger partial charge in [0.05, 0.1) is 23.2 Å². The van der Waals surface area contributed by atoms with E-state index < -0.39 is 0 Å². The molecule has 2 N–H and O–H groups in total. The zero-order valence-corrected chi connectivity index (χ0v) is 12.2. The number of aromatic nitrogens is 2. The van der Waals surface area contributed by atoms with Crippen molar-refractivity contribution in [3.05, 3.63) is 30.1 Å². The van der Waals surface area contributed by atoms with Crippen molar-refractivity contribution in [2.75, 3.05) is 7.11 Å². The van der Waals surface area contributed by atoms with Crippen LogP contribution < -0.4 is 5.32 Å². The molecule has 3 rings (SSSR count). The van der Waals surface area contributed by atoms with E-state index in [9.17, 15) is 0 Å². The lowest BCUT2D eigenvalue weighted by Gasteiger charge is -2.30. The maximum atomic E-state index is 5.49. The largest absolute Gasteiger partial charge is 0.381 e. The van der Waals surface area contributed by atoms with Gasteiger partial charge in [0.15, 0.2) is 0 Å². The number of benzene rings is 1. The zero-order valence-electron chi connectivity index (χ0n) is 12.2. The van der Waals surface area contributed by atoms with E-state index in [1.165, 1.54) is 19.3 Å². The Hall–Kier alpha value is -1.39. The summed E-state index contributed by atoms with van der Waals surface area (Å²) in [7, 11) is 1.82. The molecule has 1 saturated carbocycles. The van der Waals surface area contributed by atoms with Gasteiger partial charge in [-0.1, -0.05) is 12.1 Å². The Bertz CT molecular complexity index is 533. The number of nitrogens with zero attached hydrogens (tertiary/aromatic N) is 1. The van der Waals surface area contributed by atoms with Crippen molar-refractivity contribution in [2.24, 2.45) is 0 Å². The summed E-state index contributed by atoms with van der Waals surface area (Å²) in [5.41, 5.74) is 2.14. The summed E-state index contributed by atoms with van der Waals surface area (Å²) in [6.45, 7) is 2.17. The van der Waals surface area contributed by atoms with Gasteiger partial charge < -0.3 is 15.0 Å². The Morgan fingerprint density at radius 2 is 2.20 bits per heavy atom. The third-order valence-corrected chi connectivity index (χ3v) is 4.26. The first kappa shape index (κ1) is 13.6. The molecule has 4 heteroatoms. The third kappa shape index (κ3) is 2.86. The van der Waals surface area contributed by atoms with E-state index >= 15 is 0 Å². The molecule has 1 aromatic carbocycles. The number of rotatable bonds is 4. The Morgan fingerprint density at radius 1 is 1.35 bits per heavy atom. The predicted molar refractivity (Wildman–Crippen MR) is 80.7 cm³/mol. The fraction of sp³-hybridized carbons (Fsp3) is 0.562. The quantitative estimate of drug-likeness (QED) is 0.899. The van der Waals surface area contributed by atoms with Crippen LogP contribution in [0.4, 0.5) is 0 Å². The summed E-state index contributed by atoms with van der Waals surface area (Å²) in [6.07, 6.45) is 5.16. The Kier molecular flexibility index (Phi) is 4.03. The number of ether oxygens (including phenoxy) is 1. The van der Waals surface area contributed by atoms with Crippen LogP contribution in [0, 0.1) is 0 Å². The van der Waals surface area contributed by atoms with E-state index in [0.29, 0.717) is 12.1 Å². The van der Waals surface area contributed by atoms with Crippen LogP contribution >= 0.6 is 0 Å². The second-order valence-corrected chi connectivity index (χ2v) is 5.75. The SMILES string of the molecule is COC1CCCC(NC(C)c2nc3ccccc3[nH]2)C1. The summed E-state index contributed by atoms with van der Waals surface area (Å²) >= 11 is 0. The first-order valence-electron chi connectivity index (χ1n) is 7.49. The summed E-state index contributed by atoms with van der Waals surface area (Å²) in [5, 5.41) is 3.69. The second-order valence-electron chi connectivity index (χ2n) is 5.75. The van der Waals surface area contributed by atoms with Crippen molar-refractivity contribution in [1.82, 2.24) is 15.3 Å². The number of hydrogen-bond donors (Lipinski definition) is 2. The van der Waals surface area contributed by atoms with Crippen LogP contribution in [0.25, 0.3) is 11.0 Å². The lowest BCUT2D eigenvalue weighted by atomic mass is 9.92. The van der Waals surface area contributed by atoms with E-state index in [2.05, 4.69) is 28.3 Å². The molecule has 0 saturated heterocycles. The topological polar surface area (TPSA) is 49.9 Å². The number of H-pyrrole nitrogens is 1. The standard InChI is InChI=1S/C16H23N3O/c1-11(17-12-6-5-7-13(10-12)20-2)16-18-14-8-3-4-9-15(14)19-16/h3-4,8-9,11-13,17H,5-7,10H2,1-2H3,(H,18,19). The van der Waals surface area contributed by atoms with E-state index in [-0.39, 0.29) is 6.04 Å². The smallest absolute Gasteiger partial charge is 0.124 e. The number of imidazole rings is 1. The Morgan fingerprint density at radius 3 is 3.00 bits per heavy atom. The molecule has 1 aliphatic carbocycles. The molecule has 3 unspecified atom stereocenters. The molecule has 0 aliphatic heterocycles. The minimum atomic E-state index is 0.239. The number of hydrogen-bond acceptors (Lipinski definition) is 3. The Balaban J connectivity index is 1.67. The molecule has 20 heavy (non-hydrogen) atoms. The van der Waals surface area contributed by atoms with Crippen molar-refractivity contribution >= 4 is 11.0 Å². The van der Waals surface area contributed by atoms with Crippen LogP contribution in [0.1, 0.15) is 44.5 Å². The molecular weight excluding hydrogens is 250 g/mol. The minimum absolute atomic E-state index is 0.239. The number of methoxy groups -OCH3 is 1. The van der Waals surface area contributed by atoms with Crippen molar-refractivity contribution in [1.29, 1.82) is 0 Å². The first-order chi connectivity index (χ1) is 9.76. The molecule has 1 heterocycles. The fourth-order valence-corrected chi connectivity index (χ4v) is 3.12. The third-order valence-electron chi connectivity index (χ3n) is 4.26. The lowest BCUT2D eigenvalue weighted by Crippen LogP contribution is -2.38. The zero-order chi connectivity index (χ0) is 13.9. The van der Waals surface area contributed by atoms with Gasteiger partial charge in [-0.15, -0.1) is 0 Å². The number of para-hydroxylation sites is 2. The van der Waals surface area contributed by atoms with Gasteiger partial charge in [-0.3, -0.25) is 0 Å². The average molecular weight is 273 g/mol. The molecule has 0 bridgehead atoms. The molecule has 0 radical (unpaired) electrons. The van der Waals surface area contributed by atoms with Gasteiger partial charge in [-0.05, 0) is 44.7 Å². The molecular formula is C16H23N3O. The molecule has 3 atom stereocenters. The predicted octanol–water partition coefficient (Wildman–Crippen LogP) is 3.17. The van der Waals surface area contributed by atoms with E-state index in [1.807, 2.05) is 25.3 Å². The summed E-state index contributed by atoms with van der Waals surface area (Å²) in [5.74, 6) is 1.02. The van der Waals surface area contributed by atoms with Gasteiger partial charge in [0.1, 0.15) is 5.82 Å². The number of aromatic amines is 1. The molecule has 0 spiro atoms. The van der Waals surface area contributed by atoms with E-state index in [0.717, 1.165) is 23.3 Å². The van der Waals surface area contributed by atoms with Crippen LogP contribution in [0.15, 0.2) is 24.3 Å². The fourth-order valence-electron chi connectivity index (χ4n) is 3.12. The van der Waals surface area contributed by atoms with Crippen LogP contribution in [0.2, 0.25) is 0 Å². The van der Waals surface area contributed by atoms with Crippen molar-refractivity contribution in [3.63, 3.8) is 0 Å².